The summed E-state index contributed by atoms with van der Waals surface area (Å²) < 4.78 is 16.1. The summed E-state index contributed by atoms with van der Waals surface area (Å²) in [4.78, 5) is 14.1. The zero-order chi connectivity index (χ0) is 17.0. The molecule has 0 spiro atoms. The Morgan fingerprint density at radius 3 is 2.78 bits per heavy atom. The second-order valence-electron chi connectivity index (χ2n) is 6.84. The van der Waals surface area contributed by atoms with Crippen molar-refractivity contribution in [2.45, 2.75) is 52.8 Å². The molecule has 0 aromatic carbocycles. The van der Waals surface area contributed by atoms with Crippen LogP contribution in [0.4, 0.5) is 4.79 Å². The third-order valence-electron chi connectivity index (χ3n) is 3.72. The topological polar surface area (TPSA) is 76.8 Å². The lowest BCUT2D eigenvalue weighted by atomic mass is 10.2. The Labute approximate surface area is 137 Å². The number of rotatable bonds is 4. The number of amides is 1. The second kappa shape index (κ2) is 7.31. The van der Waals surface area contributed by atoms with Crippen molar-refractivity contribution in [1.82, 2.24) is 15.4 Å². The van der Waals surface area contributed by atoms with Gasteiger partial charge in [-0.1, -0.05) is 5.16 Å². The molecular weight excluding hydrogens is 298 g/mol. The number of morpholine rings is 1. The average Bonchev–Trinajstić information content (AvgIpc) is 2.77. The smallest absolute Gasteiger partial charge is 0.410 e. The van der Waals surface area contributed by atoms with Crippen molar-refractivity contribution in [3.63, 3.8) is 0 Å². The number of ether oxygens (including phenoxy) is 2. The van der Waals surface area contributed by atoms with Crippen LogP contribution in [0.15, 0.2) is 4.52 Å². The predicted octanol–water partition coefficient (Wildman–Crippen LogP) is 2.02. The minimum absolute atomic E-state index is 0.0425. The van der Waals surface area contributed by atoms with Crippen LogP contribution < -0.4 is 5.32 Å². The van der Waals surface area contributed by atoms with Crippen molar-refractivity contribution < 1.29 is 18.8 Å². The van der Waals surface area contributed by atoms with E-state index in [4.69, 9.17) is 14.0 Å². The molecule has 0 aliphatic carbocycles. The maximum Gasteiger partial charge on any atom is 0.410 e. The lowest BCUT2D eigenvalue weighted by Gasteiger charge is -2.36. The van der Waals surface area contributed by atoms with Crippen LogP contribution in [-0.4, -0.2) is 54.1 Å². The van der Waals surface area contributed by atoms with Crippen LogP contribution in [0.2, 0.25) is 0 Å². The van der Waals surface area contributed by atoms with Crippen molar-refractivity contribution in [1.29, 1.82) is 0 Å². The Bertz CT molecular complexity index is 516. The van der Waals surface area contributed by atoms with Crippen LogP contribution in [0.3, 0.4) is 0 Å². The molecule has 0 bridgehead atoms. The minimum atomic E-state index is -0.496. The van der Waals surface area contributed by atoms with Gasteiger partial charge in [0.2, 0.25) is 0 Å². The van der Waals surface area contributed by atoms with Gasteiger partial charge in [-0.3, -0.25) is 4.90 Å². The van der Waals surface area contributed by atoms with Crippen molar-refractivity contribution >= 4 is 6.09 Å². The molecule has 2 rings (SSSR count). The summed E-state index contributed by atoms with van der Waals surface area (Å²) in [7, 11) is 0. The molecule has 1 saturated heterocycles. The summed E-state index contributed by atoms with van der Waals surface area (Å²) in [6, 6.07) is -0.0425. The largest absolute Gasteiger partial charge is 0.444 e. The number of hydrogen-bond acceptors (Lipinski definition) is 6. The van der Waals surface area contributed by atoms with Gasteiger partial charge in [-0.25, -0.2) is 4.79 Å². The summed E-state index contributed by atoms with van der Waals surface area (Å²) in [6.45, 7) is 12.3. The fraction of sp³-hybridized carbons (Fsp3) is 0.750. The number of nitrogens with zero attached hydrogens (tertiary/aromatic N) is 2. The molecule has 7 heteroatoms. The predicted molar refractivity (Wildman–Crippen MR) is 85.2 cm³/mol. The maximum atomic E-state index is 12.3. The van der Waals surface area contributed by atoms with E-state index < -0.39 is 5.60 Å². The van der Waals surface area contributed by atoms with Crippen LogP contribution >= 0.6 is 0 Å². The van der Waals surface area contributed by atoms with Crippen LogP contribution in [0.1, 0.15) is 37.8 Å². The Kier molecular flexibility index (Phi) is 5.64. The fourth-order valence-electron chi connectivity index (χ4n) is 2.50. The molecule has 1 fully saturated rings. The van der Waals surface area contributed by atoms with Crippen LogP contribution in [0, 0.1) is 13.8 Å². The van der Waals surface area contributed by atoms with E-state index in [1.54, 1.807) is 4.90 Å². The molecule has 1 aromatic rings. The highest BCUT2D eigenvalue weighted by molar-refractivity contribution is 5.68. The van der Waals surface area contributed by atoms with E-state index >= 15 is 0 Å². The van der Waals surface area contributed by atoms with Gasteiger partial charge in [0.05, 0.1) is 24.9 Å². The quantitative estimate of drug-likeness (QED) is 0.912. The van der Waals surface area contributed by atoms with Gasteiger partial charge >= 0.3 is 6.09 Å². The van der Waals surface area contributed by atoms with E-state index in [2.05, 4.69) is 10.5 Å². The van der Waals surface area contributed by atoms with Gasteiger partial charge in [0.25, 0.3) is 0 Å². The minimum Gasteiger partial charge on any atom is -0.444 e. The van der Waals surface area contributed by atoms with Crippen molar-refractivity contribution in [3.8, 4) is 0 Å². The number of aromatic nitrogens is 1. The Hall–Kier alpha value is -1.60. The van der Waals surface area contributed by atoms with E-state index in [0.29, 0.717) is 32.8 Å². The molecule has 0 saturated carbocycles. The van der Waals surface area contributed by atoms with Gasteiger partial charge in [-0.15, -0.1) is 0 Å². The summed E-state index contributed by atoms with van der Waals surface area (Å²) in [5.41, 5.74) is 1.45. The summed E-state index contributed by atoms with van der Waals surface area (Å²) in [6.07, 6.45) is -0.287. The molecule has 2 heterocycles. The summed E-state index contributed by atoms with van der Waals surface area (Å²) in [5.74, 6) is 0.818. The Morgan fingerprint density at radius 2 is 2.17 bits per heavy atom. The highest BCUT2D eigenvalue weighted by Crippen LogP contribution is 2.15. The number of carbonyl (C=O) groups excluding carboxylic acids is 1. The average molecular weight is 325 g/mol. The third kappa shape index (κ3) is 4.94. The normalized spacial score (nSPS) is 19.0. The first-order valence-corrected chi connectivity index (χ1v) is 7.98. The molecule has 1 N–H and O–H groups in total. The van der Waals surface area contributed by atoms with Gasteiger partial charge in [-0.05, 0) is 34.6 Å². The van der Waals surface area contributed by atoms with Crippen molar-refractivity contribution in [2.75, 3.05) is 26.3 Å². The van der Waals surface area contributed by atoms with Crippen LogP contribution in [0.5, 0.6) is 0 Å². The van der Waals surface area contributed by atoms with Gasteiger partial charge in [-0.2, -0.15) is 0 Å². The SMILES string of the molecule is Cc1noc(C)c1CNCC1COCCN1C(=O)OC(C)(C)C. The standard InChI is InChI=1S/C16H27N3O4/c1-11-14(12(2)23-18-11)9-17-8-13-10-21-7-6-19(13)15(20)22-16(3,4)5/h13,17H,6-10H2,1-5H3. The molecule has 23 heavy (non-hydrogen) atoms. The molecule has 1 atom stereocenters. The zero-order valence-corrected chi connectivity index (χ0v) is 14.6. The number of aryl methyl sites for hydroxylation is 2. The molecule has 0 radical (unpaired) electrons. The van der Waals surface area contributed by atoms with Crippen LogP contribution in [-0.2, 0) is 16.0 Å². The molecule has 7 nitrogen and oxygen atoms in total. The van der Waals surface area contributed by atoms with Crippen molar-refractivity contribution in [3.05, 3.63) is 17.0 Å². The maximum absolute atomic E-state index is 12.3. The Morgan fingerprint density at radius 1 is 1.43 bits per heavy atom. The van der Waals surface area contributed by atoms with Crippen molar-refractivity contribution in [2.24, 2.45) is 0 Å². The molecule has 1 amide bonds. The number of hydrogen-bond donors (Lipinski definition) is 1. The number of nitrogens with one attached hydrogen (secondary N) is 1. The molecule has 1 aliphatic heterocycles. The first kappa shape index (κ1) is 17.7. The molecule has 1 unspecified atom stereocenters. The monoisotopic (exact) mass is 325 g/mol. The van der Waals surface area contributed by atoms with Gasteiger partial charge in [0.15, 0.2) is 0 Å². The van der Waals surface area contributed by atoms with Gasteiger partial charge < -0.3 is 19.3 Å². The van der Waals surface area contributed by atoms with E-state index in [9.17, 15) is 4.79 Å². The lowest BCUT2D eigenvalue weighted by molar-refractivity contribution is -0.0317. The third-order valence-corrected chi connectivity index (χ3v) is 3.72. The van der Waals surface area contributed by atoms with E-state index in [-0.39, 0.29) is 12.1 Å². The Balaban J connectivity index is 1.90. The lowest BCUT2D eigenvalue weighted by Crippen LogP contribution is -2.54. The van der Waals surface area contributed by atoms with E-state index in [0.717, 1.165) is 17.0 Å². The zero-order valence-electron chi connectivity index (χ0n) is 14.6. The second-order valence-corrected chi connectivity index (χ2v) is 6.84. The first-order valence-electron chi connectivity index (χ1n) is 7.98. The molecule has 130 valence electrons. The fourth-order valence-corrected chi connectivity index (χ4v) is 2.50. The highest BCUT2D eigenvalue weighted by Gasteiger charge is 2.30. The van der Waals surface area contributed by atoms with Gasteiger partial charge in [0.1, 0.15) is 11.4 Å². The van der Waals surface area contributed by atoms with Crippen LogP contribution in [0.25, 0.3) is 0 Å². The highest BCUT2D eigenvalue weighted by atomic mass is 16.6. The molecule has 1 aliphatic rings. The van der Waals surface area contributed by atoms with Gasteiger partial charge in [0, 0.05) is 25.2 Å². The summed E-state index contributed by atoms with van der Waals surface area (Å²) >= 11 is 0. The van der Waals surface area contributed by atoms with E-state index in [1.165, 1.54) is 0 Å². The van der Waals surface area contributed by atoms with E-state index in [1.807, 2.05) is 34.6 Å². The summed E-state index contributed by atoms with van der Waals surface area (Å²) in [5, 5.41) is 7.30. The number of carbonyl (C=O) groups is 1. The molecule has 1 aromatic heterocycles. The first-order chi connectivity index (χ1) is 10.8. The molecular formula is C16H27N3O4.